The summed E-state index contributed by atoms with van der Waals surface area (Å²) in [7, 11) is 0. The van der Waals surface area contributed by atoms with Gasteiger partial charge in [-0.05, 0) is 25.0 Å². The van der Waals surface area contributed by atoms with Crippen molar-refractivity contribution in [3.63, 3.8) is 0 Å². The Balaban J connectivity index is 0.00000200. The molecule has 1 unspecified atom stereocenters. The molecule has 2 N–H and O–H groups in total. The van der Waals surface area contributed by atoms with Gasteiger partial charge in [0.1, 0.15) is 0 Å². The number of hydrogen-bond donors (Lipinski definition) is 1. The summed E-state index contributed by atoms with van der Waals surface area (Å²) in [5.41, 5.74) is 6.76. The zero-order chi connectivity index (χ0) is 13.5. The Morgan fingerprint density at radius 2 is 2.24 bits per heavy atom. The maximum absolute atomic E-state index is 12.1. The van der Waals surface area contributed by atoms with Crippen molar-refractivity contribution < 1.29 is 4.79 Å². The first-order valence-electron chi connectivity index (χ1n) is 6.78. The summed E-state index contributed by atoms with van der Waals surface area (Å²) in [6.07, 6.45) is 4.56. The van der Waals surface area contributed by atoms with E-state index >= 15 is 0 Å². The summed E-state index contributed by atoms with van der Waals surface area (Å²) in [6, 6.07) is 6.19. The highest BCUT2D eigenvalue weighted by Gasteiger charge is 2.26. The molecule has 21 heavy (non-hydrogen) atoms. The van der Waals surface area contributed by atoms with Crippen LogP contribution < -0.4 is 5.73 Å². The van der Waals surface area contributed by atoms with Gasteiger partial charge in [0.25, 0.3) is 0 Å². The van der Waals surface area contributed by atoms with Crippen LogP contribution in [0.3, 0.4) is 0 Å². The van der Waals surface area contributed by atoms with Crippen LogP contribution >= 0.6 is 36.6 Å². The minimum absolute atomic E-state index is 0. The number of thioether (sulfide) groups is 1. The first kappa shape index (κ1) is 20.5. The lowest BCUT2D eigenvalue weighted by molar-refractivity contribution is -0.131. The number of amides is 1. The topological polar surface area (TPSA) is 59.2 Å². The summed E-state index contributed by atoms with van der Waals surface area (Å²) >= 11 is 1.76. The predicted octanol–water partition coefficient (Wildman–Crippen LogP) is 2.50. The number of halogens is 2. The number of rotatable bonds is 6. The molecule has 0 radical (unpaired) electrons. The van der Waals surface area contributed by atoms with E-state index in [0.29, 0.717) is 13.0 Å². The number of carbonyl (C=O) groups is 1. The summed E-state index contributed by atoms with van der Waals surface area (Å²) in [4.78, 5) is 18.3. The molecule has 7 heteroatoms. The van der Waals surface area contributed by atoms with Gasteiger partial charge in [0, 0.05) is 43.3 Å². The van der Waals surface area contributed by atoms with Crippen LogP contribution in [0.25, 0.3) is 0 Å². The largest absolute Gasteiger partial charge is 0.338 e. The maximum Gasteiger partial charge on any atom is 0.223 e. The van der Waals surface area contributed by atoms with E-state index in [1.54, 1.807) is 18.0 Å². The van der Waals surface area contributed by atoms with Crippen molar-refractivity contribution in [2.45, 2.75) is 31.1 Å². The van der Waals surface area contributed by atoms with E-state index < -0.39 is 0 Å². The van der Waals surface area contributed by atoms with E-state index in [9.17, 15) is 4.79 Å². The van der Waals surface area contributed by atoms with Crippen molar-refractivity contribution in [2.75, 3.05) is 18.8 Å². The molecule has 0 saturated carbocycles. The minimum Gasteiger partial charge on any atom is -0.338 e. The third-order valence-electron chi connectivity index (χ3n) is 3.41. The standard InChI is InChI=1S/C14H21N3OS.2ClH/c15-10-13-5-3-8-17(13)14(18)6-9-19-11-12-4-1-2-7-16-12;;/h1-2,4,7,13H,3,5-6,8-11,15H2;2*1H. The van der Waals surface area contributed by atoms with Gasteiger partial charge in [-0.3, -0.25) is 9.78 Å². The molecule has 0 bridgehead atoms. The SMILES string of the molecule is Cl.Cl.NCC1CCCN1C(=O)CCSCc1ccccn1. The van der Waals surface area contributed by atoms with E-state index in [-0.39, 0.29) is 36.8 Å². The van der Waals surface area contributed by atoms with Crippen molar-refractivity contribution in [3.05, 3.63) is 30.1 Å². The smallest absolute Gasteiger partial charge is 0.223 e. The normalized spacial score (nSPS) is 17.0. The third kappa shape index (κ3) is 6.43. The number of aromatic nitrogens is 1. The molecule has 1 atom stereocenters. The molecule has 1 fully saturated rings. The van der Waals surface area contributed by atoms with Gasteiger partial charge in [0.2, 0.25) is 5.91 Å². The molecule has 1 aliphatic rings. The molecule has 2 heterocycles. The van der Waals surface area contributed by atoms with Gasteiger partial charge in [0.05, 0.1) is 5.69 Å². The van der Waals surface area contributed by atoms with Gasteiger partial charge in [-0.2, -0.15) is 11.8 Å². The fourth-order valence-electron chi connectivity index (χ4n) is 2.37. The predicted molar refractivity (Wildman–Crippen MR) is 93.3 cm³/mol. The van der Waals surface area contributed by atoms with Crippen molar-refractivity contribution in [3.8, 4) is 0 Å². The van der Waals surface area contributed by atoms with Crippen molar-refractivity contribution in [1.82, 2.24) is 9.88 Å². The van der Waals surface area contributed by atoms with Gasteiger partial charge < -0.3 is 10.6 Å². The second-order valence-corrected chi connectivity index (χ2v) is 5.85. The molecule has 0 aromatic carbocycles. The first-order valence-corrected chi connectivity index (χ1v) is 7.94. The van der Waals surface area contributed by atoms with Crippen LogP contribution in [-0.2, 0) is 10.5 Å². The molecule has 1 amide bonds. The summed E-state index contributed by atoms with van der Waals surface area (Å²) < 4.78 is 0. The van der Waals surface area contributed by atoms with Gasteiger partial charge in [-0.1, -0.05) is 6.07 Å². The Hall–Kier alpha value is -0.490. The zero-order valence-corrected chi connectivity index (χ0v) is 14.4. The van der Waals surface area contributed by atoms with Crippen LogP contribution in [-0.4, -0.2) is 40.7 Å². The summed E-state index contributed by atoms with van der Waals surface area (Å²) in [5.74, 6) is 1.97. The Labute approximate surface area is 143 Å². The number of nitrogens with zero attached hydrogens (tertiary/aromatic N) is 2. The highest BCUT2D eigenvalue weighted by Crippen LogP contribution is 2.18. The lowest BCUT2D eigenvalue weighted by Crippen LogP contribution is -2.40. The molecule has 2 rings (SSSR count). The number of likely N-dealkylation sites (tertiary alicyclic amines) is 1. The van der Waals surface area contributed by atoms with Gasteiger partial charge >= 0.3 is 0 Å². The van der Waals surface area contributed by atoms with Gasteiger partial charge in [0.15, 0.2) is 0 Å². The van der Waals surface area contributed by atoms with Gasteiger partial charge in [-0.15, -0.1) is 24.8 Å². The van der Waals surface area contributed by atoms with Gasteiger partial charge in [-0.25, -0.2) is 0 Å². The lowest BCUT2D eigenvalue weighted by Gasteiger charge is -2.23. The molecular formula is C14H23Cl2N3OS. The lowest BCUT2D eigenvalue weighted by atomic mass is 10.2. The average Bonchev–Trinajstić information content (AvgIpc) is 2.93. The number of pyridine rings is 1. The Bertz CT molecular complexity index is 408. The number of nitrogens with two attached hydrogens (primary N) is 1. The van der Waals surface area contributed by atoms with E-state index in [1.807, 2.05) is 23.1 Å². The second-order valence-electron chi connectivity index (χ2n) is 4.74. The number of carbonyl (C=O) groups excluding carboxylic acids is 1. The minimum atomic E-state index is 0. The van der Waals surface area contributed by atoms with Crippen molar-refractivity contribution in [1.29, 1.82) is 0 Å². The van der Waals surface area contributed by atoms with Crippen LogP contribution in [0.15, 0.2) is 24.4 Å². The summed E-state index contributed by atoms with van der Waals surface area (Å²) in [6.45, 7) is 1.47. The van der Waals surface area contributed by atoms with E-state index in [0.717, 1.165) is 36.6 Å². The molecule has 4 nitrogen and oxygen atoms in total. The Morgan fingerprint density at radius 3 is 2.90 bits per heavy atom. The van der Waals surface area contributed by atoms with Crippen LogP contribution in [0.4, 0.5) is 0 Å². The van der Waals surface area contributed by atoms with Crippen molar-refractivity contribution >= 4 is 42.5 Å². The Morgan fingerprint density at radius 1 is 1.43 bits per heavy atom. The third-order valence-corrected chi connectivity index (χ3v) is 4.40. The highest BCUT2D eigenvalue weighted by atomic mass is 35.5. The van der Waals surface area contributed by atoms with Crippen LogP contribution in [0, 0.1) is 0 Å². The fraction of sp³-hybridized carbons (Fsp3) is 0.571. The summed E-state index contributed by atoms with van der Waals surface area (Å²) in [5, 5.41) is 0. The van der Waals surface area contributed by atoms with Crippen molar-refractivity contribution in [2.24, 2.45) is 5.73 Å². The molecule has 1 aromatic heterocycles. The molecule has 1 aromatic rings. The van der Waals surface area contributed by atoms with Crippen LogP contribution in [0.1, 0.15) is 25.0 Å². The van der Waals surface area contributed by atoms with E-state index in [4.69, 9.17) is 5.73 Å². The molecule has 1 saturated heterocycles. The average molecular weight is 352 g/mol. The molecular weight excluding hydrogens is 329 g/mol. The first-order chi connectivity index (χ1) is 9.31. The fourth-order valence-corrected chi connectivity index (χ4v) is 3.22. The second kappa shape index (κ2) is 11.1. The van der Waals surface area contributed by atoms with Crippen LogP contribution in [0.5, 0.6) is 0 Å². The molecule has 120 valence electrons. The quantitative estimate of drug-likeness (QED) is 0.800. The maximum atomic E-state index is 12.1. The van der Waals surface area contributed by atoms with E-state index in [2.05, 4.69) is 4.98 Å². The zero-order valence-electron chi connectivity index (χ0n) is 11.9. The van der Waals surface area contributed by atoms with Crippen LogP contribution in [0.2, 0.25) is 0 Å². The molecule has 0 spiro atoms. The molecule has 1 aliphatic heterocycles. The number of hydrogen-bond acceptors (Lipinski definition) is 4. The molecule has 0 aliphatic carbocycles. The monoisotopic (exact) mass is 351 g/mol. The van der Waals surface area contributed by atoms with E-state index in [1.165, 1.54) is 0 Å². The highest BCUT2D eigenvalue weighted by molar-refractivity contribution is 7.98. The Kier molecular flexibility index (Phi) is 10.9.